The molecule has 0 amide bonds. The van der Waals surface area contributed by atoms with Crippen molar-refractivity contribution in [2.45, 2.75) is 44.1 Å². The molecule has 2 aromatic rings. The van der Waals surface area contributed by atoms with Gasteiger partial charge in [-0.15, -0.1) is 0 Å². The van der Waals surface area contributed by atoms with E-state index >= 15 is 0 Å². The third kappa shape index (κ3) is 3.08. The van der Waals surface area contributed by atoms with Crippen LogP contribution < -0.4 is 4.74 Å². The van der Waals surface area contributed by atoms with Crippen LogP contribution in [0.5, 0.6) is 5.75 Å². The fourth-order valence-electron chi connectivity index (χ4n) is 3.38. The Hall–Kier alpha value is -2.05. The summed E-state index contributed by atoms with van der Waals surface area (Å²) in [6, 6.07) is 10.3. The van der Waals surface area contributed by atoms with Crippen LogP contribution in [0.4, 0.5) is 13.2 Å². The minimum atomic E-state index is -4.85. The topological polar surface area (TPSA) is 49.7 Å². The number of benzene rings is 2. The maximum Gasteiger partial charge on any atom is 0.425 e. The lowest BCUT2D eigenvalue weighted by molar-refractivity contribution is -0.246. The zero-order chi connectivity index (χ0) is 19.2. The summed E-state index contributed by atoms with van der Waals surface area (Å²) < 4.78 is 47.0. The minimum absolute atomic E-state index is 0.185. The Labute approximate surface area is 150 Å². The Kier molecular flexibility index (Phi) is 4.53. The maximum atomic E-state index is 13.8. The molecule has 0 bridgehead atoms. The molecule has 0 aromatic heterocycles. The van der Waals surface area contributed by atoms with Crippen LogP contribution >= 0.6 is 0 Å². The predicted octanol–water partition coefficient (Wildman–Crippen LogP) is 4.40. The van der Waals surface area contributed by atoms with Crippen molar-refractivity contribution in [3.63, 3.8) is 0 Å². The van der Waals surface area contributed by atoms with E-state index in [0.717, 1.165) is 0 Å². The van der Waals surface area contributed by atoms with Crippen LogP contribution in [0.25, 0.3) is 11.1 Å². The second kappa shape index (κ2) is 6.28. The molecule has 1 aliphatic carbocycles. The SMILES string of the molecule is CC(C)(O)CCCOc1cccc2c1-c1ccccc1[C@]2(O)C(F)(F)F. The molecule has 0 radical (unpaired) electrons. The van der Waals surface area contributed by atoms with Crippen molar-refractivity contribution >= 4 is 0 Å². The predicted molar refractivity (Wildman–Crippen MR) is 92.0 cm³/mol. The lowest BCUT2D eigenvalue weighted by Crippen LogP contribution is -2.41. The van der Waals surface area contributed by atoms with E-state index in [-0.39, 0.29) is 23.3 Å². The zero-order valence-electron chi connectivity index (χ0n) is 14.6. The van der Waals surface area contributed by atoms with Crippen molar-refractivity contribution in [3.8, 4) is 16.9 Å². The van der Waals surface area contributed by atoms with Gasteiger partial charge >= 0.3 is 6.18 Å². The minimum Gasteiger partial charge on any atom is -0.493 e. The average Bonchev–Trinajstić information content (AvgIpc) is 2.82. The molecule has 0 heterocycles. The molecule has 0 saturated heterocycles. The molecular weight excluding hydrogens is 345 g/mol. The second-order valence-corrected chi connectivity index (χ2v) is 7.20. The molecule has 0 saturated carbocycles. The summed E-state index contributed by atoms with van der Waals surface area (Å²) >= 11 is 0. The van der Waals surface area contributed by atoms with Gasteiger partial charge in [-0.25, -0.2) is 0 Å². The summed E-state index contributed by atoms with van der Waals surface area (Å²) in [5.41, 5.74) is -3.69. The fourth-order valence-corrected chi connectivity index (χ4v) is 3.38. The van der Waals surface area contributed by atoms with E-state index in [1.54, 1.807) is 32.0 Å². The summed E-state index contributed by atoms with van der Waals surface area (Å²) in [5.74, 6) is 0.297. The maximum absolute atomic E-state index is 13.8. The van der Waals surface area contributed by atoms with Crippen molar-refractivity contribution in [1.82, 2.24) is 0 Å². The first-order chi connectivity index (χ1) is 12.1. The van der Waals surface area contributed by atoms with Gasteiger partial charge in [-0.3, -0.25) is 0 Å². The van der Waals surface area contributed by atoms with Gasteiger partial charge in [-0.1, -0.05) is 36.4 Å². The molecule has 3 nitrogen and oxygen atoms in total. The van der Waals surface area contributed by atoms with Crippen molar-refractivity contribution in [1.29, 1.82) is 0 Å². The Morgan fingerprint density at radius 2 is 1.65 bits per heavy atom. The second-order valence-electron chi connectivity index (χ2n) is 7.20. The summed E-state index contributed by atoms with van der Waals surface area (Å²) in [6.45, 7) is 3.63. The van der Waals surface area contributed by atoms with Crippen molar-refractivity contribution < 1.29 is 28.1 Å². The van der Waals surface area contributed by atoms with E-state index < -0.39 is 17.4 Å². The van der Waals surface area contributed by atoms with Crippen LogP contribution in [0.15, 0.2) is 42.5 Å². The Morgan fingerprint density at radius 1 is 1.00 bits per heavy atom. The molecule has 1 atom stereocenters. The number of fused-ring (bicyclic) bond motifs is 3. The first-order valence-electron chi connectivity index (χ1n) is 8.43. The Morgan fingerprint density at radius 3 is 2.31 bits per heavy atom. The molecule has 2 aromatic carbocycles. The molecule has 26 heavy (non-hydrogen) atoms. The van der Waals surface area contributed by atoms with E-state index in [9.17, 15) is 23.4 Å². The molecule has 6 heteroatoms. The third-order valence-corrected chi connectivity index (χ3v) is 4.60. The summed E-state index contributed by atoms with van der Waals surface area (Å²) in [5, 5.41) is 20.4. The Bertz CT molecular complexity index is 809. The molecule has 1 aliphatic rings. The quantitative estimate of drug-likeness (QED) is 0.772. The van der Waals surface area contributed by atoms with Crippen LogP contribution in [0.3, 0.4) is 0 Å². The van der Waals surface area contributed by atoms with Gasteiger partial charge < -0.3 is 14.9 Å². The van der Waals surface area contributed by atoms with Crippen LogP contribution in [-0.2, 0) is 5.60 Å². The smallest absolute Gasteiger partial charge is 0.425 e. The molecule has 0 fully saturated rings. The van der Waals surface area contributed by atoms with Crippen LogP contribution in [0, 0.1) is 0 Å². The summed E-state index contributed by atoms with van der Waals surface area (Å²) in [4.78, 5) is 0. The van der Waals surface area contributed by atoms with Gasteiger partial charge in [0, 0.05) is 16.7 Å². The average molecular weight is 366 g/mol. The highest BCUT2D eigenvalue weighted by Gasteiger charge is 2.61. The van der Waals surface area contributed by atoms with E-state index in [1.165, 1.54) is 24.3 Å². The number of alkyl halides is 3. The van der Waals surface area contributed by atoms with Gasteiger partial charge in [0.2, 0.25) is 5.60 Å². The van der Waals surface area contributed by atoms with Crippen LogP contribution in [-0.4, -0.2) is 28.6 Å². The third-order valence-electron chi connectivity index (χ3n) is 4.60. The molecule has 2 N–H and O–H groups in total. The largest absolute Gasteiger partial charge is 0.493 e. The number of hydrogen-bond acceptors (Lipinski definition) is 3. The molecule has 3 rings (SSSR count). The standard InChI is InChI=1S/C20H21F3O3/c1-18(2,24)11-6-12-26-16-10-5-9-15-17(16)13-7-3-4-8-14(13)19(15,25)20(21,22)23/h3-5,7-10,24-25H,6,11-12H2,1-2H3/t19-/m1/s1. The summed E-state index contributed by atoms with van der Waals surface area (Å²) in [6.07, 6.45) is -3.79. The van der Waals surface area contributed by atoms with Gasteiger partial charge in [0.05, 0.1) is 12.2 Å². The molecule has 0 unspecified atom stereocenters. The number of aliphatic hydroxyl groups is 2. The molecule has 0 aliphatic heterocycles. The monoisotopic (exact) mass is 366 g/mol. The van der Waals surface area contributed by atoms with Crippen molar-refractivity contribution in [2.75, 3.05) is 6.61 Å². The normalized spacial score (nSPS) is 19.2. The van der Waals surface area contributed by atoms with E-state index in [2.05, 4.69) is 0 Å². The Balaban J connectivity index is 2.00. The summed E-state index contributed by atoms with van der Waals surface area (Å²) in [7, 11) is 0. The highest BCUT2D eigenvalue weighted by atomic mass is 19.4. The fraction of sp³-hybridized carbons (Fsp3) is 0.400. The molecular formula is C20H21F3O3. The van der Waals surface area contributed by atoms with Gasteiger partial charge in [0.25, 0.3) is 0 Å². The number of rotatable bonds is 5. The first kappa shape index (κ1) is 18.7. The molecule has 140 valence electrons. The van der Waals surface area contributed by atoms with Crippen molar-refractivity contribution in [3.05, 3.63) is 53.6 Å². The van der Waals surface area contributed by atoms with Crippen LogP contribution in [0.2, 0.25) is 0 Å². The highest BCUT2D eigenvalue weighted by Crippen LogP contribution is 2.57. The number of hydrogen-bond donors (Lipinski definition) is 2. The number of halogens is 3. The van der Waals surface area contributed by atoms with Gasteiger partial charge in [-0.05, 0) is 38.3 Å². The van der Waals surface area contributed by atoms with Gasteiger partial charge in [-0.2, -0.15) is 13.2 Å². The first-order valence-corrected chi connectivity index (χ1v) is 8.43. The zero-order valence-corrected chi connectivity index (χ0v) is 14.6. The van der Waals surface area contributed by atoms with Gasteiger partial charge in [0.1, 0.15) is 5.75 Å². The lowest BCUT2D eigenvalue weighted by Gasteiger charge is -2.28. The lowest BCUT2D eigenvalue weighted by atomic mass is 9.91. The number of ether oxygens (including phenoxy) is 1. The highest BCUT2D eigenvalue weighted by molar-refractivity contribution is 5.85. The van der Waals surface area contributed by atoms with Crippen LogP contribution in [0.1, 0.15) is 37.8 Å². The molecule has 0 spiro atoms. The van der Waals surface area contributed by atoms with E-state index in [4.69, 9.17) is 4.74 Å². The van der Waals surface area contributed by atoms with E-state index in [1.807, 2.05) is 0 Å². The van der Waals surface area contributed by atoms with Crippen molar-refractivity contribution in [2.24, 2.45) is 0 Å². The van der Waals surface area contributed by atoms with Gasteiger partial charge in [0.15, 0.2) is 0 Å². The van der Waals surface area contributed by atoms with E-state index in [0.29, 0.717) is 24.2 Å².